The highest BCUT2D eigenvalue weighted by Crippen LogP contribution is 2.28. The van der Waals surface area contributed by atoms with Crippen LogP contribution < -0.4 is 0 Å². The molecule has 0 aliphatic heterocycles. The Morgan fingerprint density at radius 1 is 1.09 bits per heavy atom. The maximum Gasteiger partial charge on any atom is 0.147 e. The lowest BCUT2D eigenvalue weighted by Crippen LogP contribution is -2.06. The summed E-state index contributed by atoms with van der Waals surface area (Å²) in [5, 5.41) is 14.6. The van der Waals surface area contributed by atoms with Crippen LogP contribution in [0.1, 0.15) is 34.5 Å². The molecule has 9 heteroatoms. The van der Waals surface area contributed by atoms with Crippen LogP contribution in [0.3, 0.4) is 0 Å². The molecule has 3 heterocycles. The standard InChI is InChI=1S/C25H28N6O2S/c1-17-11-23-22(12-18(17)5-4-9-26)19(13-24(29-23)25-15-27-16-28-25)6-7-21-14-20(30-31(21)2)8-10-34(3,32)33/h11-16H,4-8,10H2,1-3H3,(H,27,28). The zero-order valence-corrected chi connectivity index (χ0v) is 20.5. The molecular formula is C25H28N6O2S. The second-order valence-electron chi connectivity index (χ2n) is 8.72. The van der Waals surface area contributed by atoms with Crippen LogP contribution in [-0.4, -0.2) is 45.2 Å². The molecule has 0 unspecified atom stereocenters. The number of hydrogen-bond acceptors (Lipinski definition) is 6. The molecule has 0 aliphatic carbocycles. The topological polar surface area (TPSA) is 117 Å². The number of sulfone groups is 1. The van der Waals surface area contributed by atoms with Gasteiger partial charge in [-0.3, -0.25) is 4.68 Å². The zero-order chi connectivity index (χ0) is 24.3. The number of H-pyrrole nitrogens is 1. The van der Waals surface area contributed by atoms with Gasteiger partial charge in [0.1, 0.15) is 9.84 Å². The molecule has 1 aromatic carbocycles. The minimum absolute atomic E-state index is 0.0941. The van der Waals surface area contributed by atoms with Gasteiger partial charge >= 0.3 is 0 Å². The fraction of sp³-hybridized carbons (Fsp3) is 0.360. The first kappa shape index (κ1) is 23.6. The molecule has 4 aromatic rings. The first-order chi connectivity index (χ1) is 16.2. The Labute approximate surface area is 199 Å². The predicted octanol–water partition coefficient (Wildman–Crippen LogP) is 3.50. The number of rotatable bonds is 9. The van der Waals surface area contributed by atoms with Gasteiger partial charge in [0.25, 0.3) is 0 Å². The molecule has 0 saturated heterocycles. The Kier molecular flexibility index (Phi) is 6.80. The molecule has 0 spiro atoms. The third-order valence-electron chi connectivity index (χ3n) is 6.04. The second kappa shape index (κ2) is 9.77. The number of fused-ring (bicyclic) bond motifs is 1. The van der Waals surface area contributed by atoms with Crippen molar-refractivity contribution in [2.24, 2.45) is 7.05 Å². The molecule has 4 rings (SSSR count). The van der Waals surface area contributed by atoms with E-state index in [0.717, 1.165) is 63.2 Å². The lowest BCUT2D eigenvalue weighted by Gasteiger charge is -2.13. The summed E-state index contributed by atoms with van der Waals surface area (Å²) in [6.07, 6.45) is 7.78. The van der Waals surface area contributed by atoms with Gasteiger partial charge in [0, 0.05) is 37.2 Å². The van der Waals surface area contributed by atoms with Crippen LogP contribution >= 0.6 is 0 Å². The average molecular weight is 477 g/mol. The van der Waals surface area contributed by atoms with Crippen molar-refractivity contribution in [3.8, 4) is 17.5 Å². The lowest BCUT2D eigenvalue weighted by molar-refractivity contribution is 0.600. The maximum atomic E-state index is 11.5. The summed E-state index contributed by atoms with van der Waals surface area (Å²) in [5.41, 5.74) is 7.90. The summed E-state index contributed by atoms with van der Waals surface area (Å²) in [7, 11) is -1.14. The third kappa shape index (κ3) is 5.51. The van der Waals surface area contributed by atoms with E-state index in [2.05, 4.69) is 46.3 Å². The van der Waals surface area contributed by atoms with E-state index in [-0.39, 0.29) is 5.75 Å². The van der Waals surface area contributed by atoms with Gasteiger partial charge in [-0.15, -0.1) is 0 Å². The molecular weight excluding hydrogens is 448 g/mol. The minimum Gasteiger partial charge on any atom is -0.343 e. The number of hydrogen-bond donors (Lipinski definition) is 1. The van der Waals surface area contributed by atoms with Crippen LogP contribution in [0, 0.1) is 18.3 Å². The van der Waals surface area contributed by atoms with Crippen molar-refractivity contribution in [1.82, 2.24) is 24.7 Å². The molecule has 0 aliphatic rings. The molecule has 176 valence electrons. The van der Waals surface area contributed by atoms with Crippen molar-refractivity contribution >= 4 is 20.7 Å². The van der Waals surface area contributed by atoms with Gasteiger partial charge < -0.3 is 4.98 Å². The Hall–Kier alpha value is -3.51. The summed E-state index contributed by atoms with van der Waals surface area (Å²) in [5.74, 6) is 0.0941. The second-order valence-corrected chi connectivity index (χ2v) is 11.0. The van der Waals surface area contributed by atoms with Crippen LogP contribution in [-0.2, 0) is 42.6 Å². The smallest absolute Gasteiger partial charge is 0.147 e. The van der Waals surface area contributed by atoms with E-state index < -0.39 is 9.84 Å². The number of nitriles is 1. The summed E-state index contributed by atoms with van der Waals surface area (Å²) < 4.78 is 24.9. The van der Waals surface area contributed by atoms with E-state index >= 15 is 0 Å². The van der Waals surface area contributed by atoms with Gasteiger partial charge in [0.15, 0.2) is 0 Å². The molecule has 3 aromatic heterocycles. The molecule has 34 heavy (non-hydrogen) atoms. The molecule has 8 nitrogen and oxygen atoms in total. The molecule has 0 fully saturated rings. The zero-order valence-electron chi connectivity index (χ0n) is 19.7. The fourth-order valence-corrected chi connectivity index (χ4v) is 4.75. The predicted molar refractivity (Wildman–Crippen MR) is 132 cm³/mol. The molecule has 0 atom stereocenters. The monoisotopic (exact) mass is 476 g/mol. The Morgan fingerprint density at radius 2 is 1.91 bits per heavy atom. The summed E-state index contributed by atoms with van der Waals surface area (Å²) in [6.45, 7) is 2.06. The van der Waals surface area contributed by atoms with E-state index in [1.165, 1.54) is 6.26 Å². The average Bonchev–Trinajstić information content (AvgIpc) is 3.44. The van der Waals surface area contributed by atoms with Crippen molar-refractivity contribution in [2.45, 2.75) is 39.0 Å². The van der Waals surface area contributed by atoms with Crippen molar-refractivity contribution in [1.29, 1.82) is 5.26 Å². The third-order valence-corrected chi connectivity index (χ3v) is 6.98. The van der Waals surface area contributed by atoms with Gasteiger partial charge in [-0.1, -0.05) is 0 Å². The molecule has 0 radical (unpaired) electrons. The number of nitrogens with zero attached hydrogens (tertiary/aromatic N) is 5. The van der Waals surface area contributed by atoms with Gasteiger partial charge in [-0.2, -0.15) is 10.4 Å². The van der Waals surface area contributed by atoms with Gasteiger partial charge in [0.2, 0.25) is 0 Å². The quantitative estimate of drug-likeness (QED) is 0.395. The van der Waals surface area contributed by atoms with Crippen molar-refractivity contribution < 1.29 is 8.42 Å². The first-order valence-electron chi connectivity index (χ1n) is 11.2. The normalized spacial score (nSPS) is 11.7. The summed E-state index contributed by atoms with van der Waals surface area (Å²) >= 11 is 0. The highest BCUT2D eigenvalue weighted by Gasteiger charge is 2.14. The van der Waals surface area contributed by atoms with Crippen LogP contribution in [0.15, 0.2) is 36.8 Å². The SMILES string of the molecule is Cc1cc2nc(-c3cnc[nH]3)cc(CCc3cc(CCS(C)(=O)=O)nn3C)c2cc1CCC#N. The Balaban J connectivity index is 1.67. The molecule has 1 N–H and O–H groups in total. The van der Waals surface area contributed by atoms with Crippen molar-refractivity contribution in [3.63, 3.8) is 0 Å². The van der Waals surface area contributed by atoms with E-state index in [9.17, 15) is 8.42 Å². The first-order valence-corrected chi connectivity index (χ1v) is 13.3. The van der Waals surface area contributed by atoms with Crippen LogP contribution in [0.4, 0.5) is 0 Å². The fourth-order valence-electron chi connectivity index (χ4n) is 4.17. The number of nitrogens with one attached hydrogen (secondary N) is 1. The minimum atomic E-state index is -3.03. The number of aryl methyl sites for hydroxylation is 6. The van der Waals surface area contributed by atoms with E-state index in [4.69, 9.17) is 10.2 Å². The number of benzene rings is 1. The van der Waals surface area contributed by atoms with E-state index in [0.29, 0.717) is 19.3 Å². The number of aromatic nitrogens is 5. The Morgan fingerprint density at radius 3 is 2.62 bits per heavy atom. The summed E-state index contributed by atoms with van der Waals surface area (Å²) in [4.78, 5) is 12.1. The molecule has 0 amide bonds. The number of imidazole rings is 1. The highest BCUT2D eigenvalue weighted by molar-refractivity contribution is 7.90. The van der Waals surface area contributed by atoms with Gasteiger partial charge in [-0.25, -0.2) is 18.4 Å². The highest BCUT2D eigenvalue weighted by atomic mass is 32.2. The Bertz CT molecular complexity index is 1460. The van der Waals surface area contributed by atoms with Gasteiger partial charge in [-0.05, 0) is 67.1 Å². The summed E-state index contributed by atoms with van der Waals surface area (Å²) in [6, 6.07) is 10.6. The van der Waals surface area contributed by atoms with Crippen molar-refractivity contribution in [3.05, 3.63) is 64.9 Å². The number of pyridine rings is 1. The molecule has 0 saturated carbocycles. The lowest BCUT2D eigenvalue weighted by atomic mass is 9.95. The largest absolute Gasteiger partial charge is 0.343 e. The van der Waals surface area contributed by atoms with Crippen LogP contribution in [0.5, 0.6) is 0 Å². The van der Waals surface area contributed by atoms with E-state index in [1.54, 1.807) is 12.5 Å². The maximum absolute atomic E-state index is 11.5. The number of aromatic amines is 1. The van der Waals surface area contributed by atoms with Crippen LogP contribution in [0.25, 0.3) is 22.3 Å². The van der Waals surface area contributed by atoms with Gasteiger partial charge in [0.05, 0.1) is 46.9 Å². The van der Waals surface area contributed by atoms with E-state index in [1.807, 2.05) is 17.8 Å². The van der Waals surface area contributed by atoms with Crippen LogP contribution in [0.2, 0.25) is 0 Å². The molecule has 0 bridgehead atoms. The van der Waals surface area contributed by atoms with Crippen molar-refractivity contribution in [2.75, 3.05) is 12.0 Å².